The molecule has 0 nitrogen and oxygen atoms in total. The highest BCUT2D eigenvalue weighted by atomic mass is 14.3. The Morgan fingerprint density at radius 2 is 2.14 bits per heavy atom. The average molecular weight is 185 g/mol. The second kappa shape index (κ2) is 3.61. The van der Waals surface area contributed by atoms with Crippen LogP contribution in [0.4, 0.5) is 0 Å². The number of rotatable bonds is 3. The molecule has 0 bridgehead atoms. The standard InChI is InChI=1S/C14H17/c1-4-10(2)13-6-5-11(3)14(9-13)12-7-8-12/h4-6,9,12H,1,7-8H2,2-3H3. The fourth-order valence-corrected chi connectivity index (χ4v) is 1.84. The summed E-state index contributed by atoms with van der Waals surface area (Å²) in [7, 11) is 0. The zero-order valence-electron chi connectivity index (χ0n) is 9.01. The number of hydrogen-bond donors (Lipinski definition) is 0. The van der Waals surface area contributed by atoms with Crippen LogP contribution in [0, 0.1) is 12.8 Å². The molecule has 0 spiro atoms. The van der Waals surface area contributed by atoms with Gasteiger partial charge in [-0.3, -0.25) is 0 Å². The van der Waals surface area contributed by atoms with Gasteiger partial charge in [0, 0.05) is 5.92 Å². The van der Waals surface area contributed by atoms with Crippen molar-refractivity contribution in [3.63, 3.8) is 0 Å². The number of hydrogen-bond acceptors (Lipinski definition) is 0. The molecule has 0 amide bonds. The van der Waals surface area contributed by atoms with Crippen molar-refractivity contribution in [3.8, 4) is 0 Å². The largest absolute Gasteiger partial charge is 0.102 e. The molecule has 0 unspecified atom stereocenters. The molecular weight excluding hydrogens is 168 g/mol. The maximum atomic E-state index is 3.81. The van der Waals surface area contributed by atoms with E-state index in [9.17, 15) is 0 Å². The number of allylic oxidation sites excluding steroid dienone is 1. The molecule has 73 valence electrons. The second-order valence-corrected chi connectivity index (χ2v) is 4.23. The molecule has 1 aliphatic rings. The van der Waals surface area contributed by atoms with E-state index in [1.165, 1.54) is 29.9 Å². The molecule has 1 radical (unpaired) electrons. The molecule has 14 heavy (non-hydrogen) atoms. The zero-order valence-corrected chi connectivity index (χ0v) is 9.01. The van der Waals surface area contributed by atoms with E-state index in [1.54, 1.807) is 5.56 Å². The van der Waals surface area contributed by atoms with E-state index in [2.05, 4.69) is 38.6 Å². The zero-order chi connectivity index (χ0) is 10.1. The Labute approximate surface area is 86.7 Å². The Hall–Kier alpha value is -1.04. The van der Waals surface area contributed by atoms with E-state index in [4.69, 9.17) is 0 Å². The van der Waals surface area contributed by atoms with Gasteiger partial charge in [0.15, 0.2) is 0 Å². The van der Waals surface area contributed by atoms with Gasteiger partial charge in [-0.1, -0.05) is 31.2 Å². The first kappa shape index (κ1) is 9.51. The van der Waals surface area contributed by atoms with E-state index < -0.39 is 0 Å². The SMILES string of the molecule is C=C[C](C)c1ccc(C)c(C2CC2)c1. The molecule has 0 N–H and O–H groups in total. The van der Waals surface area contributed by atoms with E-state index in [1.807, 2.05) is 6.08 Å². The molecule has 0 saturated heterocycles. The fraction of sp³-hybridized carbons (Fsp3) is 0.357. The molecule has 1 saturated carbocycles. The van der Waals surface area contributed by atoms with Crippen molar-refractivity contribution in [2.75, 3.05) is 0 Å². The molecule has 1 aliphatic carbocycles. The van der Waals surface area contributed by atoms with Gasteiger partial charge in [0.1, 0.15) is 0 Å². The minimum Gasteiger partial charge on any atom is -0.102 e. The predicted molar refractivity (Wildman–Crippen MR) is 61.4 cm³/mol. The molecule has 0 aromatic heterocycles. The van der Waals surface area contributed by atoms with Crippen LogP contribution in [0.15, 0.2) is 30.9 Å². The Bertz CT molecular complexity index is 345. The minimum atomic E-state index is 0.840. The molecule has 0 aliphatic heterocycles. The number of aryl methyl sites for hydroxylation is 1. The first-order valence-electron chi connectivity index (χ1n) is 5.29. The van der Waals surface area contributed by atoms with Crippen LogP contribution in [0.2, 0.25) is 0 Å². The summed E-state index contributed by atoms with van der Waals surface area (Å²) in [4.78, 5) is 0. The average Bonchev–Trinajstić information content (AvgIpc) is 3.01. The summed E-state index contributed by atoms with van der Waals surface area (Å²) >= 11 is 0. The third kappa shape index (κ3) is 1.75. The highest BCUT2D eigenvalue weighted by Gasteiger charge is 2.25. The highest BCUT2D eigenvalue weighted by Crippen LogP contribution is 2.42. The first-order chi connectivity index (χ1) is 6.72. The van der Waals surface area contributed by atoms with Crippen LogP contribution in [0.5, 0.6) is 0 Å². The van der Waals surface area contributed by atoms with Crippen LogP contribution in [-0.4, -0.2) is 0 Å². The topological polar surface area (TPSA) is 0 Å². The Kier molecular flexibility index (Phi) is 2.45. The van der Waals surface area contributed by atoms with Crippen LogP contribution in [0.25, 0.3) is 0 Å². The molecule has 1 fully saturated rings. The second-order valence-electron chi connectivity index (χ2n) is 4.23. The predicted octanol–water partition coefficient (Wildman–Crippen LogP) is 4.00. The smallest absolute Gasteiger partial charge is 0.0230 e. The fourth-order valence-electron chi connectivity index (χ4n) is 1.84. The minimum absolute atomic E-state index is 0.840. The molecule has 1 aromatic carbocycles. The highest BCUT2D eigenvalue weighted by molar-refractivity contribution is 5.43. The van der Waals surface area contributed by atoms with Crippen molar-refractivity contribution in [1.29, 1.82) is 0 Å². The van der Waals surface area contributed by atoms with Gasteiger partial charge < -0.3 is 0 Å². The maximum absolute atomic E-state index is 3.81. The van der Waals surface area contributed by atoms with Crippen molar-refractivity contribution >= 4 is 0 Å². The van der Waals surface area contributed by atoms with Gasteiger partial charge in [-0.05, 0) is 42.4 Å². The summed E-state index contributed by atoms with van der Waals surface area (Å²) in [6.45, 7) is 8.14. The van der Waals surface area contributed by atoms with Crippen LogP contribution in [-0.2, 0) is 0 Å². The first-order valence-corrected chi connectivity index (χ1v) is 5.29. The summed E-state index contributed by atoms with van der Waals surface area (Å²) in [6, 6.07) is 6.76. The Balaban J connectivity index is 2.34. The normalized spacial score (nSPS) is 15.9. The molecule has 0 heteroatoms. The van der Waals surface area contributed by atoms with E-state index >= 15 is 0 Å². The van der Waals surface area contributed by atoms with Crippen molar-refractivity contribution in [2.24, 2.45) is 0 Å². The van der Waals surface area contributed by atoms with Crippen molar-refractivity contribution < 1.29 is 0 Å². The Morgan fingerprint density at radius 3 is 2.71 bits per heavy atom. The third-order valence-corrected chi connectivity index (χ3v) is 3.06. The van der Waals surface area contributed by atoms with Gasteiger partial charge in [0.05, 0.1) is 0 Å². The van der Waals surface area contributed by atoms with Crippen molar-refractivity contribution in [3.05, 3.63) is 53.5 Å². The van der Waals surface area contributed by atoms with Crippen LogP contribution in [0.3, 0.4) is 0 Å². The summed E-state index contributed by atoms with van der Waals surface area (Å²) in [5.74, 6) is 2.11. The van der Waals surface area contributed by atoms with Gasteiger partial charge in [-0.25, -0.2) is 0 Å². The van der Waals surface area contributed by atoms with Crippen LogP contribution in [0.1, 0.15) is 42.4 Å². The lowest BCUT2D eigenvalue weighted by Gasteiger charge is -2.10. The molecule has 1 aromatic rings. The number of benzene rings is 1. The van der Waals surface area contributed by atoms with Gasteiger partial charge in [-0.15, -0.1) is 6.58 Å². The van der Waals surface area contributed by atoms with Gasteiger partial charge in [0.25, 0.3) is 0 Å². The lowest BCUT2D eigenvalue weighted by atomic mass is 9.95. The van der Waals surface area contributed by atoms with Crippen molar-refractivity contribution in [2.45, 2.75) is 32.6 Å². The summed E-state index contributed by atoms with van der Waals surface area (Å²) in [5.41, 5.74) is 4.31. The third-order valence-electron chi connectivity index (χ3n) is 3.06. The lowest BCUT2D eigenvalue weighted by molar-refractivity contribution is 1.08. The molecule has 0 atom stereocenters. The monoisotopic (exact) mass is 185 g/mol. The van der Waals surface area contributed by atoms with E-state index in [0.29, 0.717) is 0 Å². The van der Waals surface area contributed by atoms with E-state index in [0.717, 1.165) is 5.92 Å². The summed E-state index contributed by atoms with van der Waals surface area (Å²) in [5, 5.41) is 0. The quantitative estimate of drug-likeness (QED) is 0.667. The van der Waals surface area contributed by atoms with Gasteiger partial charge in [-0.2, -0.15) is 0 Å². The van der Waals surface area contributed by atoms with Crippen LogP contribution < -0.4 is 0 Å². The van der Waals surface area contributed by atoms with Crippen molar-refractivity contribution in [1.82, 2.24) is 0 Å². The Morgan fingerprint density at radius 1 is 1.43 bits per heavy atom. The van der Waals surface area contributed by atoms with E-state index in [-0.39, 0.29) is 0 Å². The molecule has 0 heterocycles. The molecule has 2 rings (SSSR count). The van der Waals surface area contributed by atoms with Gasteiger partial charge in [0.2, 0.25) is 0 Å². The van der Waals surface area contributed by atoms with Crippen LogP contribution >= 0.6 is 0 Å². The van der Waals surface area contributed by atoms with Gasteiger partial charge >= 0.3 is 0 Å². The molecular formula is C14H17. The maximum Gasteiger partial charge on any atom is 0.0230 e. The summed E-state index contributed by atoms with van der Waals surface area (Å²) in [6.07, 6.45) is 4.68. The summed E-state index contributed by atoms with van der Waals surface area (Å²) < 4.78 is 0. The lowest BCUT2D eigenvalue weighted by Crippen LogP contribution is -1.93.